The summed E-state index contributed by atoms with van der Waals surface area (Å²) in [5.74, 6) is -0.288. The minimum absolute atomic E-state index is 0.168. The number of rotatable bonds is 7. The molecule has 3 aromatic carbocycles. The Kier molecular flexibility index (Phi) is 6.46. The number of nitrogens with one attached hydrogen (secondary N) is 1. The summed E-state index contributed by atoms with van der Waals surface area (Å²) in [7, 11) is -3.69. The molecule has 6 heteroatoms. The molecule has 0 spiro atoms. The first kappa shape index (κ1) is 20.4. The summed E-state index contributed by atoms with van der Waals surface area (Å²) in [6, 6.07) is 24.6. The number of carbonyl (C=O) groups is 1. The molecule has 3 aromatic rings. The Balaban J connectivity index is 1.72. The van der Waals surface area contributed by atoms with E-state index >= 15 is 0 Å². The Bertz CT molecular complexity index is 1080. The number of sulfonamides is 1. The van der Waals surface area contributed by atoms with Crippen molar-refractivity contribution in [1.82, 2.24) is 0 Å². The zero-order chi connectivity index (χ0) is 20.7. The van der Waals surface area contributed by atoms with E-state index in [0.29, 0.717) is 17.9 Å². The van der Waals surface area contributed by atoms with Crippen LogP contribution in [-0.4, -0.2) is 20.9 Å². The van der Waals surface area contributed by atoms with Gasteiger partial charge in [0.25, 0.3) is 10.0 Å². The van der Waals surface area contributed by atoms with Crippen LogP contribution in [0.15, 0.2) is 95.9 Å². The minimum atomic E-state index is -3.69. The number of anilines is 2. The fourth-order valence-electron chi connectivity index (χ4n) is 2.84. The molecule has 0 atom stereocenters. The second kappa shape index (κ2) is 9.21. The van der Waals surface area contributed by atoms with E-state index in [1.165, 1.54) is 22.5 Å². The van der Waals surface area contributed by atoms with E-state index in [9.17, 15) is 13.2 Å². The van der Waals surface area contributed by atoms with Crippen LogP contribution in [0, 0.1) is 0 Å². The lowest BCUT2D eigenvalue weighted by Crippen LogP contribution is -2.30. The molecule has 0 fully saturated rings. The number of hydrogen-bond donors (Lipinski definition) is 1. The normalized spacial score (nSPS) is 11.3. The van der Waals surface area contributed by atoms with Gasteiger partial charge in [0.05, 0.1) is 10.6 Å². The molecule has 148 valence electrons. The maximum Gasteiger partial charge on any atom is 0.264 e. The third-order valence-electron chi connectivity index (χ3n) is 4.27. The first-order valence-electron chi connectivity index (χ1n) is 9.22. The van der Waals surface area contributed by atoms with Crippen LogP contribution < -0.4 is 9.62 Å². The maximum atomic E-state index is 13.0. The summed E-state index contributed by atoms with van der Waals surface area (Å²) in [6.45, 7) is 2.10. The Morgan fingerprint density at radius 2 is 1.48 bits per heavy atom. The molecule has 0 aliphatic carbocycles. The van der Waals surface area contributed by atoms with Crippen molar-refractivity contribution in [2.45, 2.75) is 11.8 Å². The smallest absolute Gasteiger partial charge is 0.264 e. The average Bonchev–Trinajstić information content (AvgIpc) is 2.74. The highest BCUT2D eigenvalue weighted by Crippen LogP contribution is 2.24. The van der Waals surface area contributed by atoms with E-state index < -0.39 is 10.0 Å². The second-order valence-corrected chi connectivity index (χ2v) is 8.13. The van der Waals surface area contributed by atoms with Crippen molar-refractivity contribution in [3.63, 3.8) is 0 Å². The molecule has 5 nitrogen and oxygen atoms in total. The molecule has 0 aliphatic heterocycles. The first-order valence-corrected chi connectivity index (χ1v) is 10.7. The largest absolute Gasteiger partial charge is 0.323 e. The number of amides is 1. The standard InChI is InChI=1S/C23H22N2O3S/c1-2-25(21-11-7-4-8-12-21)29(27,28)22-16-14-20(15-17-22)24-23(26)18-13-19-9-5-3-6-10-19/h3-18H,2H2,1H3,(H,24,26)/b18-13+. The fourth-order valence-corrected chi connectivity index (χ4v) is 4.32. The van der Waals surface area contributed by atoms with E-state index in [-0.39, 0.29) is 10.8 Å². The van der Waals surface area contributed by atoms with Crippen LogP contribution in [0.2, 0.25) is 0 Å². The van der Waals surface area contributed by atoms with Gasteiger partial charge in [0.15, 0.2) is 0 Å². The van der Waals surface area contributed by atoms with E-state index in [2.05, 4.69) is 5.32 Å². The van der Waals surface area contributed by atoms with E-state index in [1.807, 2.05) is 36.4 Å². The summed E-state index contributed by atoms with van der Waals surface area (Å²) in [4.78, 5) is 12.3. The van der Waals surface area contributed by atoms with Gasteiger partial charge in [-0.2, -0.15) is 0 Å². The highest BCUT2D eigenvalue weighted by molar-refractivity contribution is 7.92. The Labute approximate surface area is 171 Å². The number of para-hydroxylation sites is 1. The van der Waals surface area contributed by atoms with Gasteiger partial charge in [-0.05, 0) is 55.0 Å². The summed E-state index contributed by atoms with van der Waals surface area (Å²) >= 11 is 0. The molecule has 0 aromatic heterocycles. The molecule has 0 saturated carbocycles. The van der Waals surface area contributed by atoms with Crippen LogP contribution in [0.1, 0.15) is 12.5 Å². The molecule has 1 N–H and O–H groups in total. The average molecular weight is 407 g/mol. The molecule has 3 rings (SSSR count). The number of nitrogens with zero attached hydrogens (tertiary/aromatic N) is 1. The van der Waals surface area contributed by atoms with Crippen LogP contribution in [0.4, 0.5) is 11.4 Å². The van der Waals surface area contributed by atoms with Gasteiger partial charge in [0.2, 0.25) is 5.91 Å². The summed E-state index contributed by atoms with van der Waals surface area (Å²) in [5.41, 5.74) is 2.05. The molecule has 29 heavy (non-hydrogen) atoms. The summed E-state index contributed by atoms with van der Waals surface area (Å²) < 4.78 is 27.3. The third-order valence-corrected chi connectivity index (χ3v) is 6.19. The predicted octanol–water partition coefficient (Wildman–Crippen LogP) is 4.55. The van der Waals surface area contributed by atoms with Gasteiger partial charge in [-0.3, -0.25) is 9.10 Å². The highest BCUT2D eigenvalue weighted by atomic mass is 32.2. The highest BCUT2D eigenvalue weighted by Gasteiger charge is 2.23. The van der Waals surface area contributed by atoms with Crippen molar-refractivity contribution < 1.29 is 13.2 Å². The van der Waals surface area contributed by atoms with E-state index in [1.54, 1.807) is 49.4 Å². The van der Waals surface area contributed by atoms with Crippen LogP contribution in [0.5, 0.6) is 0 Å². The molecular weight excluding hydrogens is 384 g/mol. The van der Waals surface area contributed by atoms with Crippen molar-refractivity contribution in [2.75, 3.05) is 16.2 Å². The SMILES string of the molecule is CCN(c1ccccc1)S(=O)(=O)c1ccc(NC(=O)/C=C/c2ccccc2)cc1. The van der Waals surface area contributed by atoms with E-state index in [4.69, 9.17) is 0 Å². The molecule has 1 amide bonds. The van der Waals surface area contributed by atoms with Crippen molar-refractivity contribution >= 4 is 33.4 Å². The molecule has 0 radical (unpaired) electrons. The number of hydrogen-bond acceptors (Lipinski definition) is 3. The summed E-state index contributed by atoms with van der Waals surface area (Å²) in [6.07, 6.45) is 3.15. The molecule has 0 heterocycles. The predicted molar refractivity (Wildman–Crippen MR) is 117 cm³/mol. The Hall–Kier alpha value is -3.38. The minimum Gasteiger partial charge on any atom is -0.323 e. The fraction of sp³-hybridized carbons (Fsp3) is 0.0870. The zero-order valence-corrected chi connectivity index (χ0v) is 16.8. The van der Waals surface area contributed by atoms with Crippen LogP contribution in [-0.2, 0) is 14.8 Å². The molecule has 0 bridgehead atoms. The molecule has 0 aliphatic rings. The Morgan fingerprint density at radius 3 is 2.07 bits per heavy atom. The Morgan fingerprint density at radius 1 is 0.897 bits per heavy atom. The van der Waals surface area contributed by atoms with Crippen molar-refractivity contribution in [1.29, 1.82) is 0 Å². The topological polar surface area (TPSA) is 66.5 Å². The first-order chi connectivity index (χ1) is 14.0. The van der Waals surface area contributed by atoms with Gasteiger partial charge < -0.3 is 5.32 Å². The van der Waals surface area contributed by atoms with Crippen LogP contribution >= 0.6 is 0 Å². The monoisotopic (exact) mass is 406 g/mol. The number of benzene rings is 3. The van der Waals surface area contributed by atoms with Crippen LogP contribution in [0.3, 0.4) is 0 Å². The van der Waals surface area contributed by atoms with Crippen molar-refractivity contribution in [2.24, 2.45) is 0 Å². The lowest BCUT2D eigenvalue weighted by atomic mass is 10.2. The molecule has 0 saturated heterocycles. The maximum absolute atomic E-state index is 13.0. The van der Waals surface area contributed by atoms with Crippen molar-refractivity contribution in [3.8, 4) is 0 Å². The molecular formula is C23H22N2O3S. The van der Waals surface area contributed by atoms with Crippen LogP contribution in [0.25, 0.3) is 6.08 Å². The van der Waals surface area contributed by atoms with Gasteiger partial charge in [-0.1, -0.05) is 48.5 Å². The second-order valence-electron chi connectivity index (χ2n) is 6.26. The lowest BCUT2D eigenvalue weighted by molar-refractivity contribution is -0.111. The quantitative estimate of drug-likeness (QED) is 0.585. The number of carbonyl (C=O) groups excluding carboxylic acids is 1. The van der Waals surface area contributed by atoms with Gasteiger partial charge in [-0.25, -0.2) is 8.42 Å². The van der Waals surface area contributed by atoms with Gasteiger partial charge >= 0.3 is 0 Å². The van der Waals surface area contributed by atoms with Crippen molar-refractivity contribution in [3.05, 3.63) is 96.6 Å². The molecule has 0 unspecified atom stereocenters. The lowest BCUT2D eigenvalue weighted by Gasteiger charge is -2.23. The van der Waals surface area contributed by atoms with Gasteiger partial charge in [0, 0.05) is 18.3 Å². The third kappa shape index (κ3) is 5.12. The summed E-state index contributed by atoms with van der Waals surface area (Å²) in [5, 5.41) is 2.73. The van der Waals surface area contributed by atoms with E-state index in [0.717, 1.165) is 5.56 Å². The van der Waals surface area contributed by atoms with Gasteiger partial charge in [0.1, 0.15) is 0 Å². The zero-order valence-electron chi connectivity index (χ0n) is 16.0. The van der Waals surface area contributed by atoms with Gasteiger partial charge in [-0.15, -0.1) is 0 Å².